The van der Waals surface area contributed by atoms with Crippen LogP contribution in [0.3, 0.4) is 0 Å². The molecule has 4 heteroatoms. The minimum atomic E-state index is 0.338. The van der Waals surface area contributed by atoms with Crippen LogP contribution in [0.5, 0.6) is 0 Å². The van der Waals surface area contributed by atoms with Gasteiger partial charge in [0.05, 0.1) is 0 Å². The van der Waals surface area contributed by atoms with E-state index in [0.717, 1.165) is 22.5 Å². The van der Waals surface area contributed by atoms with E-state index in [1.54, 1.807) is 0 Å². The van der Waals surface area contributed by atoms with Crippen molar-refractivity contribution in [2.24, 2.45) is 10.9 Å². The maximum absolute atomic E-state index is 6.16. The van der Waals surface area contributed by atoms with Gasteiger partial charge in [0, 0.05) is 17.0 Å². The molecule has 1 aromatic rings. The molecule has 4 nitrogen and oxygen atoms in total. The predicted molar refractivity (Wildman–Crippen MR) is 84.2 cm³/mol. The van der Waals surface area contributed by atoms with Gasteiger partial charge in [-0.15, -0.1) is 0 Å². The fourth-order valence-electron chi connectivity index (χ4n) is 2.37. The van der Waals surface area contributed by atoms with E-state index in [4.69, 9.17) is 15.6 Å². The Morgan fingerprint density at radius 3 is 2.25 bits per heavy atom. The number of nitrogens with two attached hydrogens (primary N) is 1. The Morgan fingerprint density at radius 1 is 1.20 bits per heavy atom. The van der Waals surface area contributed by atoms with Crippen molar-refractivity contribution < 1.29 is 4.84 Å². The molecule has 0 aliphatic rings. The Balaban J connectivity index is 3.62. The first-order valence-electron chi connectivity index (χ1n) is 7.27. The van der Waals surface area contributed by atoms with Gasteiger partial charge in [0.25, 0.3) is 0 Å². The molecule has 0 spiro atoms. The highest BCUT2D eigenvalue weighted by Gasteiger charge is 2.22. The molecule has 0 unspecified atom stereocenters. The molecule has 2 N–H and O–H groups in total. The quantitative estimate of drug-likeness (QED) is 0.508. The fraction of sp³-hybridized carbons (Fsp3) is 0.625. The molecule has 1 rings (SSSR count). The monoisotopic (exact) mass is 277 g/mol. The highest BCUT2D eigenvalue weighted by molar-refractivity contribution is 6.00. The summed E-state index contributed by atoms with van der Waals surface area (Å²) in [6, 6.07) is 0. The van der Waals surface area contributed by atoms with E-state index in [-0.39, 0.29) is 0 Å². The van der Waals surface area contributed by atoms with Crippen molar-refractivity contribution in [2.45, 2.75) is 60.3 Å². The first kappa shape index (κ1) is 16.5. The SMILES string of the molecule is CCO/N=C(\N)c1c(C)c(C)nc(C(C)C)c1C(C)C. The van der Waals surface area contributed by atoms with Gasteiger partial charge in [-0.1, -0.05) is 32.9 Å². The molecule has 112 valence electrons. The van der Waals surface area contributed by atoms with Gasteiger partial charge in [-0.05, 0) is 43.7 Å². The lowest BCUT2D eigenvalue weighted by atomic mass is 9.87. The van der Waals surface area contributed by atoms with E-state index < -0.39 is 0 Å². The second kappa shape index (κ2) is 6.73. The molecule has 0 aliphatic heterocycles. The Bertz CT molecular complexity index is 505. The average Bonchev–Trinajstić information content (AvgIpc) is 2.37. The van der Waals surface area contributed by atoms with Gasteiger partial charge in [0.2, 0.25) is 0 Å². The van der Waals surface area contributed by atoms with Crippen LogP contribution in [0, 0.1) is 13.8 Å². The number of aromatic nitrogens is 1. The van der Waals surface area contributed by atoms with E-state index in [2.05, 4.69) is 32.9 Å². The normalized spacial score (nSPS) is 12.3. The average molecular weight is 277 g/mol. The molecular weight excluding hydrogens is 250 g/mol. The van der Waals surface area contributed by atoms with Crippen LogP contribution >= 0.6 is 0 Å². The number of hydrogen-bond acceptors (Lipinski definition) is 3. The van der Waals surface area contributed by atoms with Crippen LogP contribution in [0.2, 0.25) is 0 Å². The molecule has 0 aromatic carbocycles. The van der Waals surface area contributed by atoms with Gasteiger partial charge in [0.1, 0.15) is 6.61 Å². The minimum absolute atomic E-state index is 0.338. The summed E-state index contributed by atoms with van der Waals surface area (Å²) in [6.07, 6.45) is 0. The zero-order valence-corrected chi connectivity index (χ0v) is 13.7. The third-order valence-electron chi connectivity index (χ3n) is 3.42. The van der Waals surface area contributed by atoms with Crippen LogP contribution in [-0.4, -0.2) is 17.4 Å². The molecule has 0 atom stereocenters. The Kier molecular flexibility index (Phi) is 5.54. The van der Waals surface area contributed by atoms with E-state index >= 15 is 0 Å². The zero-order valence-electron chi connectivity index (χ0n) is 13.7. The summed E-state index contributed by atoms with van der Waals surface area (Å²) in [7, 11) is 0. The summed E-state index contributed by atoms with van der Waals surface area (Å²) in [5, 5.41) is 4.02. The molecule has 0 radical (unpaired) electrons. The number of oxime groups is 1. The lowest BCUT2D eigenvalue weighted by Crippen LogP contribution is -2.22. The van der Waals surface area contributed by atoms with Gasteiger partial charge in [-0.25, -0.2) is 0 Å². The minimum Gasteiger partial charge on any atom is -0.394 e. The second-order valence-electron chi connectivity index (χ2n) is 5.70. The predicted octanol–water partition coefficient (Wildman–Crippen LogP) is 3.60. The number of nitrogens with zero attached hydrogens (tertiary/aromatic N) is 2. The van der Waals surface area contributed by atoms with Crippen molar-refractivity contribution in [3.8, 4) is 0 Å². The number of hydrogen-bond donors (Lipinski definition) is 1. The largest absolute Gasteiger partial charge is 0.394 e. The second-order valence-corrected chi connectivity index (χ2v) is 5.70. The summed E-state index contributed by atoms with van der Waals surface area (Å²) in [5.41, 5.74) is 11.5. The van der Waals surface area contributed by atoms with Crippen LogP contribution in [-0.2, 0) is 4.84 Å². The lowest BCUT2D eigenvalue weighted by Gasteiger charge is -2.22. The van der Waals surface area contributed by atoms with Crippen molar-refractivity contribution in [3.05, 3.63) is 28.1 Å². The summed E-state index contributed by atoms with van der Waals surface area (Å²) in [6.45, 7) is 15.1. The van der Waals surface area contributed by atoms with Crippen molar-refractivity contribution in [1.82, 2.24) is 4.98 Å². The molecule has 0 aliphatic carbocycles. The Labute approximate surface area is 122 Å². The van der Waals surface area contributed by atoms with E-state index in [0.29, 0.717) is 24.3 Å². The summed E-state index contributed by atoms with van der Waals surface area (Å²) in [5.74, 6) is 1.13. The maximum Gasteiger partial charge on any atom is 0.170 e. The van der Waals surface area contributed by atoms with Crippen molar-refractivity contribution in [2.75, 3.05) is 6.61 Å². The molecule has 0 saturated carbocycles. The van der Waals surface area contributed by atoms with Crippen LogP contribution in [0.15, 0.2) is 5.16 Å². The van der Waals surface area contributed by atoms with Crippen molar-refractivity contribution in [1.29, 1.82) is 0 Å². The van der Waals surface area contributed by atoms with Crippen molar-refractivity contribution >= 4 is 5.84 Å². The van der Waals surface area contributed by atoms with E-state index in [9.17, 15) is 0 Å². The molecule has 0 saturated heterocycles. The van der Waals surface area contributed by atoms with E-state index in [1.165, 1.54) is 5.56 Å². The Morgan fingerprint density at radius 2 is 1.80 bits per heavy atom. The van der Waals surface area contributed by atoms with Gasteiger partial charge in [-0.3, -0.25) is 4.98 Å². The van der Waals surface area contributed by atoms with Gasteiger partial charge in [-0.2, -0.15) is 0 Å². The molecule has 0 fully saturated rings. The van der Waals surface area contributed by atoms with Crippen LogP contribution < -0.4 is 5.73 Å². The molecule has 0 amide bonds. The topological polar surface area (TPSA) is 60.5 Å². The maximum atomic E-state index is 6.16. The Hall–Kier alpha value is -1.58. The van der Waals surface area contributed by atoms with Crippen molar-refractivity contribution in [3.63, 3.8) is 0 Å². The molecule has 1 heterocycles. The number of rotatable bonds is 5. The number of pyridine rings is 1. The summed E-state index contributed by atoms with van der Waals surface area (Å²) in [4.78, 5) is 9.89. The molecule has 0 bridgehead atoms. The zero-order chi connectivity index (χ0) is 15.4. The van der Waals surface area contributed by atoms with Gasteiger partial charge < -0.3 is 10.6 Å². The van der Waals surface area contributed by atoms with Crippen LogP contribution in [0.25, 0.3) is 0 Å². The molecule has 20 heavy (non-hydrogen) atoms. The number of aryl methyl sites for hydroxylation is 1. The highest BCUT2D eigenvalue weighted by Crippen LogP contribution is 2.31. The highest BCUT2D eigenvalue weighted by atomic mass is 16.6. The third-order valence-corrected chi connectivity index (χ3v) is 3.42. The summed E-state index contributed by atoms with van der Waals surface area (Å²) >= 11 is 0. The van der Waals surface area contributed by atoms with Crippen LogP contribution in [0.4, 0.5) is 0 Å². The standard InChI is InChI=1S/C16H27N3O/c1-8-20-19-16(17)14-11(6)12(7)18-15(10(4)5)13(14)9(2)3/h9-10H,8H2,1-7H3,(H2,17,19). The van der Waals surface area contributed by atoms with Crippen LogP contribution in [0.1, 0.15) is 74.5 Å². The number of amidine groups is 1. The third kappa shape index (κ3) is 3.30. The van der Waals surface area contributed by atoms with Gasteiger partial charge >= 0.3 is 0 Å². The van der Waals surface area contributed by atoms with E-state index in [1.807, 2.05) is 20.8 Å². The van der Waals surface area contributed by atoms with Gasteiger partial charge in [0.15, 0.2) is 5.84 Å². The summed E-state index contributed by atoms with van der Waals surface area (Å²) < 4.78 is 0. The smallest absolute Gasteiger partial charge is 0.170 e. The first-order valence-corrected chi connectivity index (χ1v) is 7.27. The lowest BCUT2D eigenvalue weighted by molar-refractivity contribution is 0.158. The molecular formula is C16H27N3O. The first-order chi connectivity index (χ1) is 9.31. The molecule has 1 aromatic heterocycles. The fourth-order valence-corrected chi connectivity index (χ4v) is 2.37.